The molecular formula is C15H24O4. The minimum atomic E-state index is -0.568. The summed E-state index contributed by atoms with van der Waals surface area (Å²) in [5.41, 5.74) is 0.759. The highest BCUT2D eigenvalue weighted by atomic mass is 16.5. The van der Waals surface area contributed by atoms with Crippen LogP contribution in [0.5, 0.6) is 11.5 Å². The number of rotatable bonds is 9. The van der Waals surface area contributed by atoms with Crippen molar-refractivity contribution < 1.29 is 19.3 Å². The molecule has 0 fully saturated rings. The average molecular weight is 268 g/mol. The van der Waals surface area contributed by atoms with Crippen molar-refractivity contribution in [3.63, 3.8) is 0 Å². The molecule has 0 aliphatic carbocycles. The molecule has 0 amide bonds. The van der Waals surface area contributed by atoms with E-state index in [1.807, 2.05) is 12.1 Å². The molecule has 0 spiro atoms. The fraction of sp³-hybridized carbons (Fsp3) is 0.600. The average Bonchev–Trinajstić information content (AvgIpc) is 2.42. The summed E-state index contributed by atoms with van der Waals surface area (Å²) in [6, 6.07) is 5.41. The molecule has 0 bridgehead atoms. The molecule has 0 saturated heterocycles. The zero-order valence-electron chi connectivity index (χ0n) is 12.0. The van der Waals surface area contributed by atoms with Crippen molar-refractivity contribution in [2.75, 3.05) is 26.9 Å². The Morgan fingerprint density at radius 3 is 2.63 bits per heavy atom. The van der Waals surface area contributed by atoms with Gasteiger partial charge in [0.2, 0.25) is 0 Å². The van der Waals surface area contributed by atoms with Gasteiger partial charge < -0.3 is 19.3 Å². The normalized spacial score (nSPS) is 12.2. The van der Waals surface area contributed by atoms with E-state index in [-0.39, 0.29) is 0 Å². The second-order valence-corrected chi connectivity index (χ2v) is 4.39. The van der Waals surface area contributed by atoms with Crippen LogP contribution in [0, 0.1) is 0 Å². The Hall–Kier alpha value is -1.26. The number of aliphatic hydroxyl groups excluding tert-OH is 1. The van der Waals surface area contributed by atoms with Crippen molar-refractivity contribution >= 4 is 0 Å². The van der Waals surface area contributed by atoms with E-state index in [0.717, 1.165) is 25.0 Å². The summed E-state index contributed by atoms with van der Waals surface area (Å²) in [5.74, 6) is 1.36. The molecule has 4 heteroatoms. The van der Waals surface area contributed by atoms with Gasteiger partial charge in [-0.3, -0.25) is 0 Å². The first-order chi connectivity index (χ1) is 9.19. The van der Waals surface area contributed by atoms with Crippen LogP contribution < -0.4 is 9.47 Å². The van der Waals surface area contributed by atoms with Crippen LogP contribution in [-0.2, 0) is 4.74 Å². The van der Waals surface area contributed by atoms with Crippen molar-refractivity contribution in [3.05, 3.63) is 23.8 Å². The molecule has 1 rings (SSSR count). The summed E-state index contributed by atoms with van der Waals surface area (Å²) in [6.45, 7) is 5.63. The second kappa shape index (κ2) is 8.77. The molecule has 1 aromatic carbocycles. The molecule has 19 heavy (non-hydrogen) atoms. The molecule has 4 nitrogen and oxygen atoms in total. The van der Waals surface area contributed by atoms with Crippen molar-refractivity contribution in [1.29, 1.82) is 0 Å². The van der Waals surface area contributed by atoms with Gasteiger partial charge in [0, 0.05) is 18.2 Å². The third kappa shape index (κ3) is 5.49. The molecule has 1 unspecified atom stereocenters. The molecule has 0 saturated carbocycles. The first-order valence-electron chi connectivity index (χ1n) is 6.75. The number of methoxy groups -OCH3 is 1. The van der Waals surface area contributed by atoms with Gasteiger partial charge in [0.1, 0.15) is 18.1 Å². The number of ether oxygens (including phenoxy) is 3. The van der Waals surface area contributed by atoms with E-state index in [1.165, 1.54) is 0 Å². The lowest BCUT2D eigenvalue weighted by Gasteiger charge is -2.14. The van der Waals surface area contributed by atoms with Crippen LogP contribution in [-0.4, -0.2) is 32.0 Å². The molecule has 1 aromatic rings. The summed E-state index contributed by atoms with van der Waals surface area (Å²) in [5, 5.41) is 9.69. The Morgan fingerprint density at radius 2 is 2.00 bits per heavy atom. The van der Waals surface area contributed by atoms with Gasteiger partial charge in [0.25, 0.3) is 0 Å². The van der Waals surface area contributed by atoms with Gasteiger partial charge >= 0.3 is 0 Å². The maximum Gasteiger partial charge on any atom is 0.128 e. The van der Waals surface area contributed by atoms with Crippen LogP contribution in [0.3, 0.4) is 0 Å². The quantitative estimate of drug-likeness (QED) is 0.699. The number of hydrogen-bond donors (Lipinski definition) is 1. The minimum absolute atomic E-state index is 0.469. The van der Waals surface area contributed by atoms with Gasteiger partial charge in [-0.15, -0.1) is 0 Å². The summed E-state index contributed by atoms with van der Waals surface area (Å²) >= 11 is 0. The fourth-order valence-electron chi connectivity index (χ4n) is 1.67. The predicted molar refractivity (Wildman–Crippen MR) is 74.8 cm³/mol. The summed E-state index contributed by atoms with van der Waals surface area (Å²) < 4.78 is 16.2. The molecular weight excluding hydrogens is 244 g/mol. The van der Waals surface area contributed by atoms with E-state index < -0.39 is 6.10 Å². The molecule has 0 aliphatic heterocycles. The third-order valence-electron chi connectivity index (χ3n) is 2.80. The molecule has 0 heterocycles. The van der Waals surface area contributed by atoms with Gasteiger partial charge in [0.15, 0.2) is 0 Å². The van der Waals surface area contributed by atoms with E-state index >= 15 is 0 Å². The van der Waals surface area contributed by atoms with Crippen molar-refractivity contribution in [2.24, 2.45) is 0 Å². The Labute approximate surface area is 115 Å². The topological polar surface area (TPSA) is 47.9 Å². The highest BCUT2D eigenvalue weighted by molar-refractivity contribution is 5.41. The van der Waals surface area contributed by atoms with E-state index in [9.17, 15) is 5.11 Å². The standard InChI is InChI=1S/C15H24O4/c1-4-5-8-18-9-10-19-15-11-13(17-3)6-7-14(15)12(2)16/h6-7,11-12,16H,4-5,8-10H2,1-3H3. The van der Waals surface area contributed by atoms with Crippen molar-refractivity contribution in [3.8, 4) is 11.5 Å². The molecule has 0 aliphatic rings. The minimum Gasteiger partial charge on any atom is -0.497 e. The van der Waals surface area contributed by atoms with Crippen LogP contribution in [0.2, 0.25) is 0 Å². The van der Waals surface area contributed by atoms with E-state index in [2.05, 4.69) is 6.92 Å². The lowest BCUT2D eigenvalue weighted by molar-refractivity contribution is 0.0961. The summed E-state index contributed by atoms with van der Waals surface area (Å²) in [4.78, 5) is 0. The predicted octanol–water partition coefficient (Wildman–Crippen LogP) is 2.94. The Bertz CT molecular complexity index is 363. The van der Waals surface area contributed by atoms with Gasteiger partial charge in [-0.2, -0.15) is 0 Å². The lowest BCUT2D eigenvalue weighted by Crippen LogP contribution is -2.09. The van der Waals surface area contributed by atoms with Gasteiger partial charge in [0.05, 0.1) is 19.8 Å². The molecule has 1 atom stereocenters. The Kier molecular flexibility index (Phi) is 7.30. The van der Waals surface area contributed by atoms with E-state index in [4.69, 9.17) is 14.2 Å². The van der Waals surface area contributed by atoms with Crippen LogP contribution in [0.1, 0.15) is 38.4 Å². The van der Waals surface area contributed by atoms with Crippen LogP contribution in [0.25, 0.3) is 0 Å². The first kappa shape index (κ1) is 15.8. The zero-order chi connectivity index (χ0) is 14.1. The highest BCUT2D eigenvalue weighted by Gasteiger charge is 2.10. The van der Waals surface area contributed by atoms with Crippen molar-refractivity contribution in [1.82, 2.24) is 0 Å². The third-order valence-corrected chi connectivity index (χ3v) is 2.80. The van der Waals surface area contributed by atoms with E-state index in [1.54, 1.807) is 20.1 Å². The molecule has 0 radical (unpaired) electrons. The fourth-order valence-corrected chi connectivity index (χ4v) is 1.67. The SMILES string of the molecule is CCCCOCCOc1cc(OC)ccc1C(C)O. The van der Waals surface area contributed by atoms with Gasteiger partial charge in [-0.05, 0) is 25.5 Å². The number of aliphatic hydroxyl groups is 1. The van der Waals surface area contributed by atoms with E-state index in [0.29, 0.717) is 24.7 Å². The largest absolute Gasteiger partial charge is 0.497 e. The number of hydrogen-bond acceptors (Lipinski definition) is 4. The zero-order valence-corrected chi connectivity index (χ0v) is 12.0. The second-order valence-electron chi connectivity index (χ2n) is 4.39. The molecule has 108 valence electrons. The Morgan fingerprint density at radius 1 is 1.21 bits per heavy atom. The number of unbranched alkanes of at least 4 members (excludes halogenated alkanes) is 1. The molecule has 1 N–H and O–H groups in total. The summed E-state index contributed by atoms with van der Waals surface area (Å²) in [6.07, 6.45) is 1.63. The lowest BCUT2D eigenvalue weighted by atomic mass is 10.1. The summed E-state index contributed by atoms with van der Waals surface area (Å²) in [7, 11) is 1.61. The van der Waals surface area contributed by atoms with Gasteiger partial charge in [-0.25, -0.2) is 0 Å². The van der Waals surface area contributed by atoms with Gasteiger partial charge in [-0.1, -0.05) is 13.3 Å². The van der Waals surface area contributed by atoms with Crippen LogP contribution >= 0.6 is 0 Å². The Balaban J connectivity index is 2.50. The maximum atomic E-state index is 9.69. The van der Waals surface area contributed by atoms with Crippen LogP contribution in [0.4, 0.5) is 0 Å². The number of benzene rings is 1. The van der Waals surface area contributed by atoms with Crippen molar-refractivity contribution in [2.45, 2.75) is 32.8 Å². The van der Waals surface area contributed by atoms with Crippen LogP contribution in [0.15, 0.2) is 18.2 Å². The monoisotopic (exact) mass is 268 g/mol. The first-order valence-corrected chi connectivity index (χ1v) is 6.75. The smallest absolute Gasteiger partial charge is 0.128 e. The molecule has 0 aromatic heterocycles. The highest BCUT2D eigenvalue weighted by Crippen LogP contribution is 2.29. The maximum absolute atomic E-state index is 9.69.